The van der Waals surface area contributed by atoms with E-state index in [9.17, 15) is 9.59 Å². The van der Waals surface area contributed by atoms with Gasteiger partial charge in [-0.15, -0.1) is 0 Å². The smallest absolute Gasteiger partial charge is 0.308 e. The zero-order valence-corrected chi connectivity index (χ0v) is 11.7. The molecule has 0 spiro atoms. The molecule has 1 aliphatic heterocycles. The molecule has 108 valence electrons. The van der Waals surface area contributed by atoms with Crippen molar-refractivity contribution in [3.8, 4) is 0 Å². The van der Waals surface area contributed by atoms with Crippen LogP contribution in [0.3, 0.4) is 0 Å². The number of piperidine rings is 1. The van der Waals surface area contributed by atoms with Gasteiger partial charge in [0.25, 0.3) is 0 Å². The Morgan fingerprint density at radius 2 is 1.95 bits per heavy atom. The van der Waals surface area contributed by atoms with Crippen molar-refractivity contribution < 1.29 is 14.3 Å². The van der Waals surface area contributed by atoms with Gasteiger partial charge in [0, 0.05) is 19.5 Å². The average molecular weight is 268 g/mol. The number of carbonyl (C=O) groups is 2. The zero-order valence-electron chi connectivity index (χ0n) is 11.7. The Kier molecular flexibility index (Phi) is 4.45. The minimum Gasteiger partial charge on any atom is -0.469 e. The maximum atomic E-state index is 12.3. The van der Waals surface area contributed by atoms with Gasteiger partial charge in [-0.3, -0.25) is 9.59 Å². The molecule has 1 heterocycles. The van der Waals surface area contributed by atoms with Crippen LogP contribution in [-0.2, 0) is 14.3 Å². The lowest BCUT2D eigenvalue weighted by molar-refractivity contribution is -0.149. The van der Waals surface area contributed by atoms with Crippen molar-refractivity contribution in [2.75, 3.05) is 26.7 Å². The van der Waals surface area contributed by atoms with E-state index >= 15 is 0 Å². The maximum absolute atomic E-state index is 12.3. The van der Waals surface area contributed by atoms with Gasteiger partial charge in [-0.25, -0.2) is 0 Å². The summed E-state index contributed by atoms with van der Waals surface area (Å²) in [5, 5.41) is 0. The van der Waals surface area contributed by atoms with Crippen molar-refractivity contribution in [1.29, 1.82) is 0 Å². The molecular weight excluding hydrogens is 244 g/mol. The minimum absolute atomic E-state index is 0.0405. The molecule has 1 saturated heterocycles. The molecule has 0 radical (unpaired) electrons. The number of likely N-dealkylation sites (tertiary alicyclic amines) is 1. The molecule has 0 aromatic heterocycles. The van der Waals surface area contributed by atoms with Crippen LogP contribution >= 0.6 is 0 Å². The van der Waals surface area contributed by atoms with E-state index in [1.54, 1.807) is 0 Å². The van der Waals surface area contributed by atoms with Gasteiger partial charge in [-0.05, 0) is 37.6 Å². The molecule has 2 fully saturated rings. The van der Waals surface area contributed by atoms with Crippen LogP contribution in [0, 0.1) is 11.3 Å². The summed E-state index contributed by atoms with van der Waals surface area (Å²) in [6.45, 7) is 1.94. The number of rotatable bonds is 4. The van der Waals surface area contributed by atoms with Crippen molar-refractivity contribution in [2.24, 2.45) is 17.1 Å². The molecule has 1 saturated carbocycles. The third kappa shape index (κ3) is 3.08. The normalized spacial score (nSPS) is 22.7. The van der Waals surface area contributed by atoms with E-state index in [4.69, 9.17) is 10.5 Å². The van der Waals surface area contributed by atoms with Gasteiger partial charge >= 0.3 is 5.97 Å². The predicted octanol–water partition coefficient (Wildman–Crippen LogP) is 0.917. The lowest BCUT2D eigenvalue weighted by Gasteiger charge is -2.42. The summed E-state index contributed by atoms with van der Waals surface area (Å²) >= 11 is 0. The maximum Gasteiger partial charge on any atom is 0.308 e. The van der Waals surface area contributed by atoms with Gasteiger partial charge in [-0.1, -0.05) is 6.42 Å². The van der Waals surface area contributed by atoms with Crippen molar-refractivity contribution >= 4 is 11.9 Å². The van der Waals surface area contributed by atoms with Gasteiger partial charge in [0.15, 0.2) is 0 Å². The second-order valence-corrected chi connectivity index (χ2v) is 5.91. The van der Waals surface area contributed by atoms with Crippen LogP contribution in [0.25, 0.3) is 0 Å². The fraction of sp³-hybridized carbons (Fsp3) is 0.857. The van der Waals surface area contributed by atoms with Crippen molar-refractivity contribution in [3.63, 3.8) is 0 Å². The van der Waals surface area contributed by atoms with E-state index in [-0.39, 0.29) is 23.2 Å². The van der Waals surface area contributed by atoms with Crippen molar-refractivity contribution in [1.82, 2.24) is 4.90 Å². The largest absolute Gasteiger partial charge is 0.469 e. The summed E-state index contributed by atoms with van der Waals surface area (Å²) in [4.78, 5) is 25.6. The van der Waals surface area contributed by atoms with Crippen LogP contribution in [0.1, 0.15) is 38.5 Å². The summed E-state index contributed by atoms with van der Waals surface area (Å²) in [5.41, 5.74) is 5.86. The predicted molar refractivity (Wildman–Crippen MR) is 71.3 cm³/mol. The summed E-state index contributed by atoms with van der Waals surface area (Å²) in [6.07, 6.45) is 5.35. The van der Waals surface area contributed by atoms with E-state index in [1.165, 1.54) is 13.5 Å². The second-order valence-electron chi connectivity index (χ2n) is 5.91. The summed E-state index contributed by atoms with van der Waals surface area (Å²) < 4.78 is 4.75. The standard InChI is InChI=1S/C14H24N2O3/c1-19-13(18)11-3-7-16(8-4-11)12(17)9-14(10-15)5-2-6-14/h11H,2-10,15H2,1H3. The highest BCUT2D eigenvalue weighted by molar-refractivity contribution is 5.78. The van der Waals surface area contributed by atoms with Crippen LogP contribution in [0.15, 0.2) is 0 Å². The molecule has 0 unspecified atom stereocenters. The van der Waals surface area contributed by atoms with Crippen molar-refractivity contribution in [3.05, 3.63) is 0 Å². The van der Waals surface area contributed by atoms with Crippen LogP contribution in [0.5, 0.6) is 0 Å². The van der Waals surface area contributed by atoms with Gasteiger partial charge in [0.1, 0.15) is 0 Å². The number of esters is 1. The highest BCUT2D eigenvalue weighted by Crippen LogP contribution is 2.43. The average Bonchev–Trinajstić information content (AvgIpc) is 2.42. The quantitative estimate of drug-likeness (QED) is 0.769. The Labute approximate surface area is 114 Å². The molecule has 1 aliphatic carbocycles. The van der Waals surface area contributed by atoms with E-state index < -0.39 is 0 Å². The first kappa shape index (κ1) is 14.3. The molecule has 1 amide bonds. The Morgan fingerprint density at radius 3 is 2.37 bits per heavy atom. The van der Waals surface area contributed by atoms with E-state index in [1.807, 2.05) is 4.90 Å². The van der Waals surface area contributed by atoms with E-state index in [2.05, 4.69) is 0 Å². The number of hydrogen-bond acceptors (Lipinski definition) is 4. The number of methoxy groups -OCH3 is 1. The van der Waals surface area contributed by atoms with E-state index in [0.29, 0.717) is 38.9 Å². The molecule has 2 rings (SSSR count). The first-order chi connectivity index (χ1) is 9.10. The second kappa shape index (κ2) is 5.90. The molecule has 2 N–H and O–H groups in total. The van der Waals surface area contributed by atoms with Gasteiger partial charge in [0.05, 0.1) is 13.0 Å². The lowest BCUT2D eigenvalue weighted by atomic mass is 9.66. The third-order valence-electron chi connectivity index (χ3n) is 4.76. The van der Waals surface area contributed by atoms with Crippen molar-refractivity contribution in [2.45, 2.75) is 38.5 Å². The molecule has 5 heteroatoms. The van der Waals surface area contributed by atoms with Gasteiger partial charge < -0.3 is 15.4 Å². The van der Waals surface area contributed by atoms with Crippen LogP contribution in [0.2, 0.25) is 0 Å². The summed E-state index contributed by atoms with van der Waals surface area (Å²) in [5.74, 6) is 0.0132. The summed E-state index contributed by atoms with van der Waals surface area (Å²) in [6, 6.07) is 0. The molecule has 0 bridgehead atoms. The number of nitrogens with zero attached hydrogens (tertiary/aromatic N) is 1. The molecule has 0 aromatic rings. The Morgan fingerprint density at radius 1 is 1.32 bits per heavy atom. The van der Waals surface area contributed by atoms with Gasteiger partial charge in [0.2, 0.25) is 5.91 Å². The first-order valence-electron chi connectivity index (χ1n) is 7.16. The SMILES string of the molecule is COC(=O)C1CCN(C(=O)CC2(CN)CCC2)CC1. The molecule has 0 atom stereocenters. The third-order valence-corrected chi connectivity index (χ3v) is 4.76. The van der Waals surface area contributed by atoms with Crippen LogP contribution < -0.4 is 5.73 Å². The van der Waals surface area contributed by atoms with E-state index in [0.717, 1.165) is 12.8 Å². The number of carbonyl (C=O) groups excluding carboxylic acids is 2. The number of amides is 1. The highest BCUT2D eigenvalue weighted by Gasteiger charge is 2.39. The first-order valence-corrected chi connectivity index (χ1v) is 7.16. The zero-order chi connectivity index (χ0) is 13.9. The Hall–Kier alpha value is -1.10. The minimum atomic E-state index is -0.149. The van der Waals surface area contributed by atoms with Crippen LogP contribution in [-0.4, -0.2) is 43.5 Å². The summed E-state index contributed by atoms with van der Waals surface area (Å²) in [7, 11) is 1.42. The number of hydrogen-bond donors (Lipinski definition) is 1. The molecule has 5 nitrogen and oxygen atoms in total. The Balaban J connectivity index is 1.81. The van der Waals surface area contributed by atoms with Gasteiger partial charge in [-0.2, -0.15) is 0 Å². The number of nitrogens with two attached hydrogens (primary N) is 1. The Bertz CT molecular complexity index is 339. The fourth-order valence-electron chi connectivity index (χ4n) is 3.09. The number of ether oxygens (including phenoxy) is 1. The lowest BCUT2D eigenvalue weighted by Crippen LogP contribution is -2.46. The molecule has 0 aromatic carbocycles. The highest BCUT2D eigenvalue weighted by atomic mass is 16.5. The molecule has 19 heavy (non-hydrogen) atoms. The van der Waals surface area contributed by atoms with Crippen LogP contribution in [0.4, 0.5) is 0 Å². The fourth-order valence-corrected chi connectivity index (χ4v) is 3.09. The monoisotopic (exact) mass is 268 g/mol. The molecular formula is C14H24N2O3. The molecule has 2 aliphatic rings. The topological polar surface area (TPSA) is 72.6 Å².